The molecule has 21 heavy (non-hydrogen) atoms. The summed E-state index contributed by atoms with van der Waals surface area (Å²) in [7, 11) is 0. The second kappa shape index (κ2) is 13.4. The van der Waals surface area contributed by atoms with E-state index in [1.165, 1.54) is 6.07 Å². The first-order chi connectivity index (χ1) is 10.2. The fourth-order valence-electron chi connectivity index (χ4n) is 1.67. The van der Waals surface area contributed by atoms with Crippen LogP contribution in [-0.2, 0) is 4.74 Å². The minimum absolute atomic E-state index is 0.0268. The minimum Gasteiger partial charge on any atom is -0.507 e. The summed E-state index contributed by atoms with van der Waals surface area (Å²) in [4.78, 5) is 11.5. The summed E-state index contributed by atoms with van der Waals surface area (Å²) in [5.74, 6) is -0.476. The zero-order chi connectivity index (χ0) is 15.9. The fraction of sp³-hybridized carbons (Fsp3) is 0.588. The minimum atomic E-state index is -0.449. The Morgan fingerprint density at radius 3 is 2.29 bits per heavy atom. The lowest BCUT2D eigenvalue weighted by molar-refractivity contribution is 0.0494. The standard InChI is InChI=1S/C13H18O3.C4H11N/c1-2-3-4-7-10-16-13(15)11-8-5-6-9-12(11)14;1-3-5-4-2/h5-6,8-9,14H,2-4,7,10H2,1H3;5H,3-4H2,1-2H3. The van der Waals surface area contributed by atoms with Crippen molar-refractivity contribution in [3.05, 3.63) is 29.8 Å². The number of ether oxygens (including phenoxy) is 1. The van der Waals surface area contributed by atoms with Gasteiger partial charge in [0.25, 0.3) is 0 Å². The summed E-state index contributed by atoms with van der Waals surface area (Å²) < 4.78 is 5.06. The highest BCUT2D eigenvalue weighted by Crippen LogP contribution is 2.16. The Labute approximate surface area is 128 Å². The molecule has 1 rings (SSSR count). The summed E-state index contributed by atoms with van der Waals surface area (Å²) in [5, 5.41) is 12.5. The number of benzene rings is 1. The zero-order valence-corrected chi connectivity index (χ0v) is 13.5. The van der Waals surface area contributed by atoms with Gasteiger partial charge in [0.2, 0.25) is 0 Å². The van der Waals surface area contributed by atoms with Gasteiger partial charge in [-0.15, -0.1) is 0 Å². The third kappa shape index (κ3) is 9.91. The Morgan fingerprint density at radius 1 is 1.10 bits per heavy atom. The second-order valence-electron chi connectivity index (χ2n) is 4.67. The quantitative estimate of drug-likeness (QED) is 0.566. The number of unbranched alkanes of at least 4 members (excludes halogenated alkanes) is 3. The number of rotatable bonds is 8. The maximum absolute atomic E-state index is 11.5. The summed E-state index contributed by atoms with van der Waals surface area (Å²) >= 11 is 0. The summed E-state index contributed by atoms with van der Waals surface area (Å²) in [5.41, 5.74) is 0.234. The van der Waals surface area contributed by atoms with Crippen LogP contribution in [0.3, 0.4) is 0 Å². The van der Waals surface area contributed by atoms with Gasteiger partial charge >= 0.3 is 5.97 Å². The van der Waals surface area contributed by atoms with Crippen molar-refractivity contribution in [2.45, 2.75) is 46.5 Å². The van der Waals surface area contributed by atoms with Crippen molar-refractivity contribution in [3.8, 4) is 5.75 Å². The molecule has 4 nitrogen and oxygen atoms in total. The summed E-state index contributed by atoms with van der Waals surface area (Å²) in [6.07, 6.45) is 4.28. The van der Waals surface area contributed by atoms with E-state index in [1.807, 2.05) is 0 Å². The molecule has 0 saturated heterocycles. The van der Waals surface area contributed by atoms with Gasteiger partial charge in [0.05, 0.1) is 6.61 Å². The van der Waals surface area contributed by atoms with Crippen molar-refractivity contribution in [3.63, 3.8) is 0 Å². The lowest BCUT2D eigenvalue weighted by Gasteiger charge is -2.05. The van der Waals surface area contributed by atoms with Crippen molar-refractivity contribution >= 4 is 5.97 Å². The number of carbonyl (C=O) groups excluding carboxylic acids is 1. The molecular weight excluding hydrogens is 266 g/mol. The van der Waals surface area contributed by atoms with Crippen molar-refractivity contribution < 1.29 is 14.6 Å². The first-order valence-electron chi connectivity index (χ1n) is 7.83. The molecule has 0 fully saturated rings. The normalized spacial score (nSPS) is 9.67. The van der Waals surface area contributed by atoms with Gasteiger partial charge in [-0.1, -0.05) is 52.2 Å². The van der Waals surface area contributed by atoms with E-state index in [0.717, 1.165) is 38.8 Å². The molecule has 0 bridgehead atoms. The molecule has 0 aliphatic carbocycles. The number of para-hydroxylation sites is 1. The molecular formula is C17H29NO3. The second-order valence-corrected chi connectivity index (χ2v) is 4.67. The van der Waals surface area contributed by atoms with E-state index < -0.39 is 5.97 Å². The van der Waals surface area contributed by atoms with E-state index in [1.54, 1.807) is 18.2 Å². The van der Waals surface area contributed by atoms with Crippen LogP contribution in [0.1, 0.15) is 56.8 Å². The molecule has 0 amide bonds. The molecule has 0 spiro atoms. The van der Waals surface area contributed by atoms with Crippen LogP contribution in [-0.4, -0.2) is 30.8 Å². The Kier molecular flexibility index (Phi) is 12.4. The van der Waals surface area contributed by atoms with Gasteiger partial charge in [0.15, 0.2) is 0 Å². The molecule has 0 heterocycles. The fourth-order valence-corrected chi connectivity index (χ4v) is 1.67. The lowest BCUT2D eigenvalue weighted by atomic mass is 10.2. The van der Waals surface area contributed by atoms with Gasteiger partial charge < -0.3 is 15.2 Å². The Morgan fingerprint density at radius 2 is 1.76 bits per heavy atom. The van der Waals surface area contributed by atoms with E-state index in [9.17, 15) is 9.90 Å². The topological polar surface area (TPSA) is 58.6 Å². The van der Waals surface area contributed by atoms with Crippen LogP contribution in [0, 0.1) is 0 Å². The maximum atomic E-state index is 11.5. The number of carbonyl (C=O) groups is 1. The van der Waals surface area contributed by atoms with Gasteiger partial charge in [0, 0.05) is 0 Å². The average molecular weight is 295 g/mol. The van der Waals surface area contributed by atoms with Gasteiger partial charge in [-0.05, 0) is 31.6 Å². The highest BCUT2D eigenvalue weighted by molar-refractivity contribution is 5.92. The lowest BCUT2D eigenvalue weighted by Crippen LogP contribution is -2.09. The first-order valence-corrected chi connectivity index (χ1v) is 7.83. The van der Waals surface area contributed by atoms with Crippen LogP contribution in [0.5, 0.6) is 5.75 Å². The number of esters is 1. The highest BCUT2D eigenvalue weighted by Gasteiger charge is 2.10. The Bertz CT molecular complexity index is 378. The van der Waals surface area contributed by atoms with Gasteiger partial charge in [-0.25, -0.2) is 4.79 Å². The van der Waals surface area contributed by atoms with E-state index in [2.05, 4.69) is 26.1 Å². The largest absolute Gasteiger partial charge is 0.507 e. The molecule has 0 aliphatic rings. The van der Waals surface area contributed by atoms with Crippen molar-refractivity contribution in [1.82, 2.24) is 5.32 Å². The van der Waals surface area contributed by atoms with E-state index >= 15 is 0 Å². The number of hydrogen-bond acceptors (Lipinski definition) is 4. The van der Waals surface area contributed by atoms with Crippen LogP contribution in [0.4, 0.5) is 0 Å². The molecule has 2 N–H and O–H groups in total. The number of phenolic OH excluding ortho intramolecular Hbond substituents is 1. The number of aromatic hydroxyl groups is 1. The van der Waals surface area contributed by atoms with Crippen LogP contribution in [0.15, 0.2) is 24.3 Å². The Balaban J connectivity index is 0.000000690. The molecule has 0 atom stereocenters. The van der Waals surface area contributed by atoms with E-state index in [4.69, 9.17) is 4.74 Å². The summed E-state index contributed by atoms with van der Waals surface area (Å²) in [6.45, 7) is 8.95. The van der Waals surface area contributed by atoms with Crippen LogP contribution >= 0.6 is 0 Å². The predicted octanol–water partition coefficient (Wildman–Crippen LogP) is 3.75. The van der Waals surface area contributed by atoms with Crippen molar-refractivity contribution in [2.24, 2.45) is 0 Å². The van der Waals surface area contributed by atoms with Gasteiger partial charge in [0.1, 0.15) is 11.3 Å². The smallest absolute Gasteiger partial charge is 0.341 e. The number of phenols is 1. The van der Waals surface area contributed by atoms with Gasteiger partial charge in [-0.2, -0.15) is 0 Å². The molecule has 0 aliphatic heterocycles. The van der Waals surface area contributed by atoms with E-state index in [0.29, 0.717) is 6.61 Å². The third-order valence-electron chi connectivity index (χ3n) is 2.86. The van der Waals surface area contributed by atoms with Crippen LogP contribution < -0.4 is 5.32 Å². The number of hydrogen-bond donors (Lipinski definition) is 2. The third-order valence-corrected chi connectivity index (χ3v) is 2.86. The molecule has 1 aromatic carbocycles. The molecule has 0 aromatic heterocycles. The molecule has 0 saturated carbocycles. The van der Waals surface area contributed by atoms with Crippen LogP contribution in [0.2, 0.25) is 0 Å². The predicted molar refractivity (Wildman–Crippen MR) is 86.7 cm³/mol. The molecule has 1 aromatic rings. The average Bonchev–Trinajstić information content (AvgIpc) is 2.49. The van der Waals surface area contributed by atoms with Crippen LogP contribution in [0.25, 0.3) is 0 Å². The maximum Gasteiger partial charge on any atom is 0.341 e. The Hall–Kier alpha value is -1.55. The SMILES string of the molecule is CCCCCCOC(=O)c1ccccc1O.CCNCC. The van der Waals surface area contributed by atoms with Crippen molar-refractivity contribution in [1.29, 1.82) is 0 Å². The van der Waals surface area contributed by atoms with Crippen molar-refractivity contribution in [2.75, 3.05) is 19.7 Å². The van der Waals surface area contributed by atoms with Gasteiger partial charge in [-0.3, -0.25) is 0 Å². The molecule has 0 radical (unpaired) electrons. The molecule has 4 heteroatoms. The first kappa shape index (κ1) is 19.4. The highest BCUT2D eigenvalue weighted by atomic mass is 16.5. The van der Waals surface area contributed by atoms with E-state index in [-0.39, 0.29) is 11.3 Å². The monoisotopic (exact) mass is 295 g/mol. The summed E-state index contributed by atoms with van der Waals surface area (Å²) in [6, 6.07) is 6.41. The zero-order valence-electron chi connectivity index (χ0n) is 13.5. The molecule has 120 valence electrons. The number of nitrogens with one attached hydrogen (secondary N) is 1. The molecule has 0 unspecified atom stereocenters.